The summed E-state index contributed by atoms with van der Waals surface area (Å²) in [6.45, 7) is 1.01. The van der Waals surface area contributed by atoms with Crippen LogP contribution in [-0.2, 0) is 4.79 Å². The van der Waals surface area contributed by atoms with Crippen molar-refractivity contribution < 1.29 is 19.1 Å². The molecule has 0 atom stereocenters. The highest BCUT2D eigenvalue weighted by Crippen LogP contribution is 2.25. The van der Waals surface area contributed by atoms with Crippen molar-refractivity contribution in [3.63, 3.8) is 0 Å². The molecule has 0 aromatic heterocycles. The Kier molecular flexibility index (Phi) is 7.23. The number of hydrogen-bond donors (Lipinski definition) is 1. The first-order valence-corrected chi connectivity index (χ1v) is 10.0. The highest BCUT2D eigenvalue weighted by Gasteiger charge is 2.26. The molecule has 0 saturated carbocycles. The molecule has 0 spiro atoms. The molecule has 1 saturated heterocycles. The van der Waals surface area contributed by atoms with E-state index in [1.165, 1.54) is 7.11 Å². The maximum absolute atomic E-state index is 12.8. The van der Waals surface area contributed by atoms with Crippen LogP contribution in [0, 0.1) is 0 Å². The van der Waals surface area contributed by atoms with Crippen LogP contribution in [0.3, 0.4) is 0 Å². The van der Waals surface area contributed by atoms with Gasteiger partial charge in [0.05, 0.1) is 12.7 Å². The van der Waals surface area contributed by atoms with Gasteiger partial charge < -0.3 is 19.7 Å². The molecule has 0 unspecified atom stereocenters. The Morgan fingerprint density at radius 3 is 2.38 bits per heavy atom. The Bertz CT molecular complexity index is 865. The lowest BCUT2D eigenvalue weighted by Gasteiger charge is -2.32. The third kappa shape index (κ3) is 5.78. The third-order valence-corrected chi connectivity index (χ3v) is 5.21. The van der Waals surface area contributed by atoms with E-state index in [1.54, 1.807) is 47.4 Å². The van der Waals surface area contributed by atoms with Crippen LogP contribution in [0.2, 0.25) is 10.0 Å². The van der Waals surface area contributed by atoms with Crippen LogP contribution in [0.5, 0.6) is 11.5 Å². The summed E-state index contributed by atoms with van der Waals surface area (Å²) in [7, 11) is 1.52. The summed E-state index contributed by atoms with van der Waals surface area (Å²) in [5, 5.41) is 4.05. The van der Waals surface area contributed by atoms with Gasteiger partial charge in [-0.3, -0.25) is 9.59 Å². The molecule has 2 aromatic carbocycles. The van der Waals surface area contributed by atoms with E-state index < -0.39 is 0 Å². The quantitative estimate of drug-likeness (QED) is 0.747. The summed E-state index contributed by atoms with van der Waals surface area (Å²) >= 11 is 11.9. The number of nitrogens with zero attached hydrogens (tertiary/aromatic N) is 1. The molecule has 2 aromatic rings. The van der Waals surface area contributed by atoms with Crippen molar-refractivity contribution in [1.29, 1.82) is 0 Å². The minimum atomic E-state index is -0.193. The first kappa shape index (κ1) is 21.3. The number of halogens is 2. The molecule has 29 heavy (non-hydrogen) atoms. The van der Waals surface area contributed by atoms with Gasteiger partial charge in [0.1, 0.15) is 11.5 Å². The number of hydrogen-bond acceptors (Lipinski definition) is 4. The van der Waals surface area contributed by atoms with Gasteiger partial charge in [0.25, 0.3) is 11.8 Å². The van der Waals surface area contributed by atoms with Gasteiger partial charge in [-0.1, -0.05) is 23.2 Å². The number of carbonyl (C=O) groups excluding carboxylic acids is 2. The first-order valence-electron chi connectivity index (χ1n) is 9.27. The molecule has 0 radical (unpaired) electrons. The summed E-state index contributed by atoms with van der Waals surface area (Å²) < 4.78 is 10.7. The Labute approximate surface area is 179 Å². The van der Waals surface area contributed by atoms with E-state index >= 15 is 0 Å². The Morgan fingerprint density at radius 2 is 1.72 bits per heavy atom. The smallest absolute Gasteiger partial charge is 0.258 e. The van der Waals surface area contributed by atoms with E-state index in [0.29, 0.717) is 53.0 Å². The first-order chi connectivity index (χ1) is 14.0. The topological polar surface area (TPSA) is 67.9 Å². The summed E-state index contributed by atoms with van der Waals surface area (Å²) in [4.78, 5) is 26.7. The van der Waals surface area contributed by atoms with Crippen LogP contribution < -0.4 is 14.8 Å². The van der Waals surface area contributed by atoms with Gasteiger partial charge in [-0.15, -0.1) is 0 Å². The molecule has 2 amide bonds. The van der Waals surface area contributed by atoms with E-state index in [4.69, 9.17) is 32.7 Å². The fourth-order valence-corrected chi connectivity index (χ4v) is 3.49. The summed E-state index contributed by atoms with van der Waals surface area (Å²) in [5.74, 6) is 0.760. The zero-order valence-electron chi connectivity index (χ0n) is 16.0. The lowest BCUT2D eigenvalue weighted by atomic mass is 10.0. The van der Waals surface area contributed by atoms with E-state index in [-0.39, 0.29) is 24.5 Å². The Morgan fingerprint density at radius 1 is 1.07 bits per heavy atom. The second-order valence-corrected chi connectivity index (χ2v) is 7.59. The molecule has 8 heteroatoms. The monoisotopic (exact) mass is 436 g/mol. The van der Waals surface area contributed by atoms with Crippen LogP contribution in [-0.4, -0.2) is 49.6 Å². The molecule has 3 rings (SSSR count). The number of nitrogens with one attached hydrogen (secondary N) is 1. The maximum atomic E-state index is 12.8. The number of methoxy groups -OCH3 is 1. The molecular formula is C21H22Cl2N2O4. The molecule has 1 N–H and O–H groups in total. The van der Waals surface area contributed by atoms with Gasteiger partial charge in [0, 0.05) is 29.2 Å². The molecule has 6 nitrogen and oxygen atoms in total. The average Bonchev–Trinajstić information content (AvgIpc) is 2.73. The van der Waals surface area contributed by atoms with Gasteiger partial charge in [-0.2, -0.15) is 0 Å². The normalized spacial score (nSPS) is 14.4. The number of ether oxygens (including phenoxy) is 2. The van der Waals surface area contributed by atoms with Crippen LogP contribution in [0.1, 0.15) is 23.2 Å². The zero-order valence-corrected chi connectivity index (χ0v) is 17.5. The van der Waals surface area contributed by atoms with Gasteiger partial charge in [-0.05, 0) is 55.3 Å². The van der Waals surface area contributed by atoms with Crippen LogP contribution in [0.15, 0.2) is 42.5 Å². The van der Waals surface area contributed by atoms with Crippen molar-refractivity contribution in [3.8, 4) is 11.5 Å². The van der Waals surface area contributed by atoms with Gasteiger partial charge in [0.15, 0.2) is 6.61 Å². The fraction of sp³-hybridized carbons (Fsp3) is 0.333. The molecular weight excluding hydrogens is 415 g/mol. The van der Waals surface area contributed by atoms with Crippen molar-refractivity contribution in [2.75, 3.05) is 26.8 Å². The number of rotatable bonds is 6. The second-order valence-electron chi connectivity index (χ2n) is 6.72. The van der Waals surface area contributed by atoms with Gasteiger partial charge in [-0.25, -0.2) is 0 Å². The van der Waals surface area contributed by atoms with Gasteiger partial charge >= 0.3 is 0 Å². The van der Waals surface area contributed by atoms with Crippen LogP contribution in [0.4, 0.5) is 0 Å². The summed E-state index contributed by atoms with van der Waals surface area (Å²) in [5.41, 5.74) is 0.443. The largest absolute Gasteiger partial charge is 0.496 e. The number of carbonyl (C=O) groups is 2. The van der Waals surface area contributed by atoms with E-state index in [0.717, 1.165) is 0 Å². The molecule has 0 aliphatic carbocycles. The minimum absolute atomic E-state index is 0.00150. The zero-order chi connectivity index (χ0) is 20.8. The molecule has 1 fully saturated rings. The maximum Gasteiger partial charge on any atom is 0.258 e. The number of piperidine rings is 1. The van der Waals surface area contributed by atoms with Crippen molar-refractivity contribution in [2.24, 2.45) is 0 Å². The lowest BCUT2D eigenvalue weighted by Crippen LogP contribution is -2.47. The van der Waals surface area contributed by atoms with Crippen molar-refractivity contribution >= 4 is 35.0 Å². The Balaban J connectivity index is 1.47. The van der Waals surface area contributed by atoms with Crippen molar-refractivity contribution in [2.45, 2.75) is 18.9 Å². The molecule has 154 valence electrons. The van der Waals surface area contributed by atoms with Crippen molar-refractivity contribution in [1.82, 2.24) is 10.2 Å². The van der Waals surface area contributed by atoms with Crippen molar-refractivity contribution in [3.05, 3.63) is 58.1 Å². The molecule has 1 heterocycles. The lowest BCUT2D eigenvalue weighted by molar-refractivity contribution is -0.124. The molecule has 1 aliphatic rings. The average molecular weight is 437 g/mol. The number of amides is 2. The number of benzene rings is 2. The highest BCUT2D eigenvalue weighted by molar-refractivity contribution is 6.31. The predicted molar refractivity (Wildman–Crippen MR) is 112 cm³/mol. The highest BCUT2D eigenvalue weighted by atomic mass is 35.5. The van der Waals surface area contributed by atoms with Crippen LogP contribution in [0.25, 0.3) is 0 Å². The van der Waals surface area contributed by atoms with E-state index in [1.807, 2.05) is 0 Å². The summed E-state index contributed by atoms with van der Waals surface area (Å²) in [6.07, 6.45) is 1.34. The molecule has 1 aliphatic heterocycles. The van der Waals surface area contributed by atoms with E-state index in [9.17, 15) is 9.59 Å². The third-order valence-electron chi connectivity index (χ3n) is 4.72. The minimum Gasteiger partial charge on any atom is -0.496 e. The van der Waals surface area contributed by atoms with E-state index in [2.05, 4.69) is 5.32 Å². The van der Waals surface area contributed by atoms with Crippen LogP contribution >= 0.6 is 23.2 Å². The standard InChI is InChI=1S/C21H22Cl2N2O4/c1-28-19-7-4-15(23)12-18(19)21(27)25-10-8-16(9-11-25)24-20(26)13-29-17-5-2-14(22)3-6-17/h2-7,12,16H,8-11,13H2,1H3,(H,24,26). The second kappa shape index (κ2) is 9.85. The predicted octanol–water partition coefficient (Wildman–Crippen LogP) is 3.80. The number of likely N-dealkylation sites (tertiary alicyclic amines) is 1. The summed E-state index contributed by atoms with van der Waals surface area (Å²) in [6, 6.07) is 11.8. The SMILES string of the molecule is COc1ccc(Cl)cc1C(=O)N1CCC(NC(=O)COc2ccc(Cl)cc2)CC1. The Hall–Kier alpha value is -2.44. The van der Waals surface area contributed by atoms with Gasteiger partial charge in [0.2, 0.25) is 0 Å². The fourth-order valence-electron chi connectivity index (χ4n) is 3.19. The molecule has 0 bridgehead atoms.